The molecule has 0 bridgehead atoms. The first kappa shape index (κ1) is 12.4. The molecule has 2 aromatic rings. The third-order valence-corrected chi connectivity index (χ3v) is 4.33. The van der Waals surface area contributed by atoms with Gasteiger partial charge in [0.1, 0.15) is 0 Å². The SMILES string of the molecule is CCn1nc(C)c(Br)c1CC(=O)c1cncs1. The van der Waals surface area contributed by atoms with Gasteiger partial charge >= 0.3 is 0 Å². The van der Waals surface area contributed by atoms with E-state index in [0.29, 0.717) is 11.3 Å². The van der Waals surface area contributed by atoms with Crippen LogP contribution in [-0.4, -0.2) is 20.5 Å². The van der Waals surface area contributed by atoms with Gasteiger partial charge in [0.15, 0.2) is 5.78 Å². The Morgan fingerprint density at radius 3 is 2.94 bits per heavy atom. The second-order valence-electron chi connectivity index (χ2n) is 3.63. The van der Waals surface area contributed by atoms with E-state index in [9.17, 15) is 4.79 Å². The Hall–Kier alpha value is -1.01. The van der Waals surface area contributed by atoms with Gasteiger partial charge in [0, 0.05) is 12.7 Å². The first-order chi connectivity index (χ1) is 8.13. The van der Waals surface area contributed by atoms with Crippen molar-refractivity contribution in [2.45, 2.75) is 26.8 Å². The summed E-state index contributed by atoms with van der Waals surface area (Å²) in [5, 5.41) is 4.37. The first-order valence-corrected chi connectivity index (χ1v) is 6.94. The Morgan fingerprint density at radius 1 is 1.59 bits per heavy atom. The molecule has 0 saturated carbocycles. The third-order valence-electron chi connectivity index (χ3n) is 2.49. The molecule has 0 unspecified atom stereocenters. The van der Waals surface area contributed by atoms with Crippen LogP contribution < -0.4 is 0 Å². The van der Waals surface area contributed by atoms with Gasteiger partial charge in [-0.3, -0.25) is 14.5 Å². The van der Waals surface area contributed by atoms with Crippen molar-refractivity contribution >= 4 is 33.0 Å². The van der Waals surface area contributed by atoms with Crippen LogP contribution in [0, 0.1) is 6.92 Å². The number of carbonyl (C=O) groups excluding carboxylic acids is 1. The van der Waals surface area contributed by atoms with Crippen molar-refractivity contribution in [2.24, 2.45) is 0 Å². The summed E-state index contributed by atoms with van der Waals surface area (Å²) in [5.74, 6) is 0.0859. The minimum Gasteiger partial charge on any atom is -0.293 e. The number of hydrogen-bond acceptors (Lipinski definition) is 4. The molecule has 2 aromatic heterocycles. The standard InChI is InChI=1S/C11H12BrN3OS/c1-3-15-8(11(12)7(2)14-15)4-9(16)10-5-13-6-17-10/h5-6H,3-4H2,1-2H3. The molecule has 0 radical (unpaired) electrons. The van der Waals surface area contributed by atoms with Crippen LogP contribution in [0.5, 0.6) is 0 Å². The van der Waals surface area contributed by atoms with Crippen LogP contribution in [0.1, 0.15) is 28.0 Å². The number of aryl methyl sites for hydroxylation is 2. The third kappa shape index (κ3) is 2.47. The van der Waals surface area contributed by atoms with Crippen LogP contribution in [0.15, 0.2) is 16.2 Å². The van der Waals surface area contributed by atoms with Gasteiger partial charge in [-0.15, -0.1) is 11.3 Å². The molecule has 0 aliphatic rings. The summed E-state index contributed by atoms with van der Waals surface area (Å²) >= 11 is 4.86. The molecule has 2 heterocycles. The fourth-order valence-electron chi connectivity index (χ4n) is 1.63. The average molecular weight is 314 g/mol. The zero-order valence-corrected chi connectivity index (χ0v) is 12.0. The number of rotatable bonds is 4. The van der Waals surface area contributed by atoms with Gasteiger partial charge in [0.25, 0.3) is 0 Å². The highest BCUT2D eigenvalue weighted by Gasteiger charge is 2.17. The van der Waals surface area contributed by atoms with Gasteiger partial charge in [-0.05, 0) is 29.8 Å². The lowest BCUT2D eigenvalue weighted by Gasteiger charge is -2.03. The molecule has 0 saturated heterocycles. The summed E-state index contributed by atoms with van der Waals surface area (Å²) in [7, 11) is 0. The maximum Gasteiger partial charge on any atom is 0.180 e. The quantitative estimate of drug-likeness (QED) is 0.815. The lowest BCUT2D eigenvalue weighted by molar-refractivity contribution is 0.0994. The number of thiazole rings is 1. The average Bonchev–Trinajstić information content (AvgIpc) is 2.92. The van der Waals surface area contributed by atoms with E-state index in [4.69, 9.17) is 0 Å². The van der Waals surface area contributed by atoms with E-state index in [1.165, 1.54) is 11.3 Å². The fourth-order valence-corrected chi connectivity index (χ4v) is 2.62. The maximum atomic E-state index is 12.0. The zero-order chi connectivity index (χ0) is 12.4. The summed E-state index contributed by atoms with van der Waals surface area (Å²) < 4.78 is 2.79. The molecule has 0 fully saturated rings. The minimum absolute atomic E-state index is 0.0859. The number of Topliss-reactive ketones (excluding diaryl/α,β-unsaturated/α-hetero) is 1. The van der Waals surface area contributed by atoms with Crippen LogP contribution in [0.4, 0.5) is 0 Å². The van der Waals surface area contributed by atoms with Gasteiger partial charge < -0.3 is 0 Å². The van der Waals surface area contributed by atoms with E-state index in [2.05, 4.69) is 26.0 Å². The van der Waals surface area contributed by atoms with Crippen molar-refractivity contribution in [3.05, 3.63) is 32.4 Å². The van der Waals surface area contributed by atoms with E-state index >= 15 is 0 Å². The van der Waals surface area contributed by atoms with Crippen molar-refractivity contribution in [1.82, 2.24) is 14.8 Å². The molecule has 6 heteroatoms. The summed E-state index contributed by atoms with van der Waals surface area (Å²) in [6, 6.07) is 0. The maximum absolute atomic E-state index is 12.0. The number of aromatic nitrogens is 3. The Bertz CT molecular complexity index is 533. The number of carbonyl (C=O) groups is 1. The highest BCUT2D eigenvalue weighted by Crippen LogP contribution is 2.23. The predicted molar refractivity (Wildman–Crippen MR) is 70.5 cm³/mol. The molecule has 0 N–H and O–H groups in total. The molecule has 2 rings (SSSR count). The van der Waals surface area contributed by atoms with E-state index in [-0.39, 0.29) is 5.78 Å². The van der Waals surface area contributed by atoms with Crippen molar-refractivity contribution in [1.29, 1.82) is 0 Å². The van der Waals surface area contributed by atoms with Gasteiger partial charge in [-0.1, -0.05) is 0 Å². The summed E-state index contributed by atoms with van der Waals surface area (Å²) in [6.07, 6.45) is 1.97. The molecule has 0 aliphatic carbocycles. The molecule has 90 valence electrons. The molecule has 0 spiro atoms. The van der Waals surface area contributed by atoms with Crippen LogP contribution in [0.25, 0.3) is 0 Å². The molecule has 4 nitrogen and oxygen atoms in total. The van der Waals surface area contributed by atoms with Crippen LogP contribution in [0.3, 0.4) is 0 Å². The van der Waals surface area contributed by atoms with Gasteiger partial charge in [-0.2, -0.15) is 5.10 Å². The molecule has 0 aromatic carbocycles. The monoisotopic (exact) mass is 313 g/mol. The van der Waals surface area contributed by atoms with E-state index in [0.717, 1.165) is 22.4 Å². The summed E-state index contributed by atoms with van der Waals surface area (Å²) in [5.41, 5.74) is 3.52. The number of halogens is 1. The highest BCUT2D eigenvalue weighted by atomic mass is 79.9. The summed E-state index contributed by atoms with van der Waals surface area (Å²) in [4.78, 5) is 16.6. The lowest BCUT2D eigenvalue weighted by atomic mass is 10.2. The number of nitrogens with zero attached hydrogens (tertiary/aromatic N) is 3. The molecule has 0 aliphatic heterocycles. The van der Waals surface area contributed by atoms with Crippen LogP contribution in [-0.2, 0) is 13.0 Å². The Balaban J connectivity index is 2.27. The highest BCUT2D eigenvalue weighted by molar-refractivity contribution is 9.10. The van der Waals surface area contributed by atoms with Crippen LogP contribution >= 0.6 is 27.3 Å². The molecular formula is C11H12BrN3OS. The second kappa shape index (κ2) is 5.10. The normalized spacial score (nSPS) is 10.8. The van der Waals surface area contributed by atoms with Crippen molar-refractivity contribution in [3.8, 4) is 0 Å². The van der Waals surface area contributed by atoms with Crippen LogP contribution in [0.2, 0.25) is 0 Å². The number of hydrogen-bond donors (Lipinski definition) is 0. The van der Waals surface area contributed by atoms with Crippen molar-refractivity contribution in [3.63, 3.8) is 0 Å². The topological polar surface area (TPSA) is 47.8 Å². The Kier molecular flexibility index (Phi) is 3.73. The molecule has 0 amide bonds. The van der Waals surface area contributed by atoms with Gasteiger partial charge in [-0.25, -0.2) is 0 Å². The Labute approximate surface area is 112 Å². The minimum atomic E-state index is 0.0859. The Morgan fingerprint density at radius 2 is 2.35 bits per heavy atom. The van der Waals surface area contributed by atoms with Gasteiger partial charge in [0.05, 0.1) is 32.7 Å². The van der Waals surface area contributed by atoms with E-state index in [1.807, 2.05) is 18.5 Å². The van der Waals surface area contributed by atoms with E-state index < -0.39 is 0 Å². The molecule has 0 atom stereocenters. The molecule has 17 heavy (non-hydrogen) atoms. The van der Waals surface area contributed by atoms with E-state index in [1.54, 1.807) is 11.7 Å². The number of ketones is 1. The lowest BCUT2D eigenvalue weighted by Crippen LogP contribution is -2.09. The van der Waals surface area contributed by atoms with Crippen molar-refractivity contribution < 1.29 is 4.79 Å². The van der Waals surface area contributed by atoms with Crippen molar-refractivity contribution in [2.75, 3.05) is 0 Å². The second-order valence-corrected chi connectivity index (χ2v) is 5.31. The van der Waals surface area contributed by atoms with Gasteiger partial charge in [0.2, 0.25) is 0 Å². The predicted octanol–water partition coefficient (Wildman–Crippen LogP) is 2.86. The zero-order valence-electron chi connectivity index (χ0n) is 9.61. The largest absolute Gasteiger partial charge is 0.293 e. The molecular weight excluding hydrogens is 302 g/mol. The fraction of sp³-hybridized carbons (Fsp3) is 0.364. The smallest absolute Gasteiger partial charge is 0.180 e. The first-order valence-electron chi connectivity index (χ1n) is 5.27. The summed E-state index contributed by atoms with van der Waals surface area (Å²) in [6.45, 7) is 4.70.